The first-order valence-corrected chi connectivity index (χ1v) is 5.82. The predicted octanol–water partition coefficient (Wildman–Crippen LogP) is 1.94. The van der Waals surface area contributed by atoms with E-state index >= 15 is 0 Å². The molecule has 1 aromatic carbocycles. The van der Waals surface area contributed by atoms with E-state index in [2.05, 4.69) is 30.3 Å². The summed E-state index contributed by atoms with van der Waals surface area (Å²) in [5, 5.41) is 0.765. The molecule has 0 amide bonds. The van der Waals surface area contributed by atoms with E-state index < -0.39 is 0 Å². The molecule has 0 atom stereocenters. The van der Waals surface area contributed by atoms with Crippen LogP contribution in [0.4, 0.5) is 0 Å². The Balaban J connectivity index is 2.04. The average Bonchev–Trinajstić information content (AvgIpc) is 2.04. The lowest BCUT2D eigenvalue weighted by Crippen LogP contribution is -2.24. The van der Waals surface area contributed by atoms with Crippen molar-refractivity contribution in [3.05, 3.63) is 35.9 Å². The summed E-state index contributed by atoms with van der Waals surface area (Å²) < 4.78 is 0. The van der Waals surface area contributed by atoms with Gasteiger partial charge in [-0.25, -0.2) is 0 Å². The van der Waals surface area contributed by atoms with Crippen LogP contribution in [0, 0.1) is 0 Å². The van der Waals surface area contributed by atoms with Crippen LogP contribution in [0.3, 0.4) is 0 Å². The minimum absolute atomic E-state index is 0.765. The molecule has 0 aliphatic heterocycles. The van der Waals surface area contributed by atoms with Crippen molar-refractivity contribution in [3.63, 3.8) is 0 Å². The van der Waals surface area contributed by atoms with E-state index in [0.717, 1.165) is 5.04 Å². The SMILES string of the molecule is [SiH3]C1(Cc2ccccc2)CCC1. The lowest BCUT2D eigenvalue weighted by atomic mass is 9.79. The third-order valence-electron chi connectivity index (χ3n) is 3.03. The molecule has 2 rings (SSSR count). The van der Waals surface area contributed by atoms with Crippen LogP contribution in [0.1, 0.15) is 24.8 Å². The lowest BCUT2D eigenvalue weighted by Gasteiger charge is -2.38. The van der Waals surface area contributed by atoms with Gasteiger partial charge in [-0.15, -0.1) is 0 Å². The molecule has 1 saturated carbocycles. The van der Waals surface area contributed by atoms with Gasteiger partial charge in [0, 0.05) is 10.2 Å². The standard InChI is InChI=1S/C11H16Si/c12-11(7-4-8-11)9-10-5-2-1-3-6-10/h1-3,5-6H,4,7-9H2,12H3. The Hall–Kier alpha value is -0.563. The second-order valence-corrected chi connectivity index (χ2v) is 6.45. The average molecular weight is 176 g/mol. The Kier molecular flexibility index (Phi) is 2.05. The fourth-order valence-electron chi connectivity index (χ4n) is 2.05. The third-order valence-corrected chi connectivity index (χ3v) is 4.39. The van der Waals surface area contributed by atoms with Crippen LogP contribution >= 0.6 is 0 Å². The summed E-state index contributed by atoms with van der Waals surface area (Å²) in [5.74, 6) is 0. The molecule has 12 heavy (non-hydrogen) atoms. The van der Waals surface area contributed by atoms with Crippen molar-refractivity contribution in [2.45, 2.75) is 30.7 Å². The van der Waals surface area contributed by atoms with Crippen molar-refractivity contribution in [2.75, 3.05) is 0 Å². The van der Waals surface area contributed by atoms with Crippen LogP contribution in [0.25, 0.3) is 0 Å². The number of hydrogen-bond acceptors (Lipinski definition) is 0. The lowest BCUT2D eigenvalue weighted by molar-refractivity contribution is 0.338. The van der Waals surface area contributed by atoms with Gasteiger partial charge in [-0.3, -0.25) is 0 Å². The van der Waals surface area contributed by atoms with Gasteiger partial charge in [0.15, 0.2) is 0 Å². The summed E-state index contributed by atoms with van der Waals surface area (Å²) in [6, 6.07) is 10.9. The molecule has 0 saturated heterocycles. The second-order valence-electron chi connectivity index (χ2n) is 4.33. The Morgan fingerprint density at radius 2 is 1.83 bits per heavy atom. The summed E-state index contributed by atoms with van der Waals surface area (Å²) in [6.07, 6.45) is 5.76. The molecule has 1 aromatic rings. The highest BCUT2D eigenvalue weighted by atomic mass is 28.1. The zero-order valence-electron chi connectivity index (χ0n) is 7.72. The van der Waals surface area contributed by atoms with E-state index in [1.807, 2.05) is 0 Å². The molecule has 0 radical (unpaired) electrons. The third kappa shape index (κ3) is 1.61. The zero-order chi connectivity index (χ0) is 8.44. The van der Waals surface area contributed by atoms with Gasteiger partial charge in [-0.1, -0.05) is 49.6 Å². The van der Waals surface area contributed by atoms with Crippen LogP contribution in [0.2, 0.25) is 5.04 Å². The van der Waals surface area contributed by atoms with Crippen LogP contribution in [-0.2, 0) is 6.42 Å². The Morgan fingerprint density at radius 1 is 1.17 bits per heavy atom. The Labute approximate surface area is 77.4 Å². The van der Waals surface area contributed by atoms with Gasteiger partial charge in [-0.05, 0) is 17.0 Å². The fourth-order valence-corrected chi connectivity index (χ4v) is 3.16. The summed E-state index contributed by atoms with van der Waals surface area (Å²) in [4.78, 5) is 0. The highest BCUT2D eigenvalue weighted by Crippen LogP contribution is 2.47. The largest absolute Gasteiger partial charge is 0.0622 e. The van der Waals surface area contributed by atoms with Crippen LogP contribution in [0.5, 0.6) is 0 Å². The normalized spacial score (nSPS) is 20.3. The molecule has 64 valence electrons. The quantitative estimate of drug-likeness (QED) is 0.604. The fraction of sp³-hybridized carbons (Fsp3) is 0.455. The molecule has 0 N–H and O–H groups in total. The molecular formula is C11H16Si. The van der Waals surface area contributed by atoms with Crippen molar-refractivity contribution in [1.82, 2.24) is 0 Å². The minimum atomic E-state index is 0.765. The summed E-state index contributed by atoms with van der Waals surface area (Å²) in [5.41, 5.74) is 1.53. The van der Waals surface area contributed by atoms with Crippen LogP contribution in [0.15, 0.2) is 30.3 Å². The highest BCUT2D eigenvalue weighted by Gasteiger charge is 2.31. The van der Waals surface area contributed by atoms with Gasteiger partial charge < -0.3 is 0 Å². The topological polar surface area (TPSA) is 0 Å². The summed E-state index contributed by atoms with van der Waals surface area (Å²) in [6.45, 7) is 0. The molecule has 1 aliphatic rings. The van der Waals surface area contributed by atoms with Crippen molar-refractivity contribution in [3.8, 4) is 0 Å². The van der Waals surface area contributed by atoms with Crippen molar-refractivity contribution in [1.29, 1.82) is 0 Å². The van der Waals surface area contributed by atoms with Gasteiger partial charge in [-0.2, -0.15) is 0 Å². The van der Waals surface area contributed by atoms with Gasteiger partial charge in [0.1, 0.15) is 0 Å². The molecule has 1 aliphatic carbocycles. The Morgan fingerprint density at radius 3 is 2.33 bits per heavy atom. The van der Waals surface area contributed by atoms with E-state index in [0.29, 0.717) is 0 Å². The maximum absolute atomic E-state index is 2.26. The van der Waals surface area contributed by atoms with Crippen LogP contribution in [-0.4, -0.2) is 10.2 Å². The van der Waals surface area contributed by atoms with E-state index in [9.17, 15) is 0 Å². The molecule has 1 fully saturated rings. The summed E-state index contributed by atoms with van der Waals surface area (Å²) >= 11 is 0. The van der Waals surface area contributed by atoms with Crippen LogP contribution < -0.4 is 0 Å². The smallest absolute Gasteiger partial charge is 0.0111 e. The molecule has 0 nitrogen and oxygen atoms in total. The molecule has 0 bridgehead atoms. The van der Waals surface area contributed by atoms with Crippen molar-refractivity contribution < 1.29 is 0 Å². The van der Waals surface area contributed by atoms with E-state index in [-0.39, 0.29) is 0 Å². The first-order valence-electron chi connectivity index (χ1n) is 4.82. The highest BCUT2D eigenvalue weighted by molar-refractivity contribution is 6.15. The maximum atomic E-state index is 2.26. The first kappa shape index (κ1) is 8.05. The van der Waals surface area contributed by atoms with Gasteiger partial charge in [0.2, 0.25) is 0 Å². The summed E-state index contributed by atoms with van der Waals surface area (Å²) in [7, 11) is 1.37. The molecule has 1 heteroatoms. The van der Waals surface area contributed by atoms with Crippen molar-refractivity contribution in [2.24, 2.45) is 0 Å². The van der Waals surface area contributed by atoms with E-state index in [1.54, 1.807) is 0 Å². The number of rotatable bonds is 2. The number of hydrogen-bond donors (Lipinski definition) is 0. The Bertz CT molecular complexity index is 249. The zero-order valence-corrected chi connectivity index (χ0v) is 9.72. The molecule has 0 aromatic heterocycles. The molecule has 0 spiro atoms. The van der Waals surface area contributed by atoms with E-state index in [4.69, 9.17) is 0 Å². The molecular weight excluding hydrogens is 160 g/mol. The minimum Gasteiger partial charge on any atom is -0.0622 e. The van der Waals surface area contributed by atoms with Gasteiger partial charge in [0.05, 0.1) is 0 Å². The van der Waals surface area contributed by atoms with E-state index in [1.165, 1.54) is 41.5 Å². The maximum Gasteiger partial charge on any atom is 0.0111 e. The molecule has 0 heterocycles. The number of benzene rings is 1. The molecule has 0 unspecified atom stereocenters. The second kappa shape index (κ2) is 3.06. The first-order chi connectivity index (χ1) is 5.79. The van der Waals surface area contributed by atoms with Crippen molar-refractivity contribution >= 4 is 10.2 Å². The monoisotopic (exact) mass is 176 g/mol. The predicted molar refractivity (Wildman–Crippen MR) is 56.6 cm³/mol. The van der Waals surface area contributed by atoms with Gasteiger partial charge >= 0.3 is 0 Å². The van der Waals surface area contributed by atoms with Gasteiger partial charge in [0.25, 0.3) is 0 Å².